The van der Waals surface area contributed by atoms with Crippen LogP contribution in [0.15, 0.2) is 0 Å². The van der Waals surface area contributed by atoms with E-state index in [0.29, 0.717) is 0 Å². The number of nitrogens with zero attached hydrogens (tertiary/aromatic N) is 2. The summed E-state index contributed by atoms with van der Waals surface area (Å²) in [5.74, 6) is -2.33. The minimum atomic E-state index is -5.06. The molecule has 0 atom stereocenters. The molecule has 0 radical (unpaired) electrons. The number of esters is 1. The molecule has 0 rings (SSSR count). The van der Waals surface area contributed by atoms with Crippen molar-refractivity contribution < 1.29 is 22.7 Å². The second-order valence-electron chi connectivity index (χ2n) is 3.20. The van der Waals surface area contributed by atoms with Crippen LogP contribution in [0.2, 0.25) is 0 Å². The SMILES string of the molecule is CN(C)C(Cl)(OC(=O)C(F)(F)F)N(C)C. The molecule has 0 aliphatic rings. The maximum Gasteiger partial charge on any atom is 0.491 e. The summed E-state index contributed by atoms with van der Waals surface area (Å²) in [6.45, 7) is 0. The van der Waals surface area contributed by atoms with Crippen molar-refractivity contribution in [1.82, 2.24) is 9.80 Å². The summed E-state index contributed by atoms with van der Waals surface area (Å²) in [4.78, 5) is 12.9. The predicted octanol–water partition coefficient (Wildman–Crippen LogP) is 1.07. The third-order valence-electron chi connectivity index (χ3n) is 1.56. The highest BCUT2D eigenvalue weighted by atomic mass is 35.5. The second kappa shape index (κ2) is 4.54. The molecular formula is C7H12ClF3N2O2. The Morgan fingerprint density at radius 3 is 1.67 bits per heavy atom. The maximum absolute atomic E-state index is 11.9. The minimum absolute atomic E-state index is 1.14. The fourth-order valence-corrected chi connectivity index (χ4v) is 0.828. The molecule has 0 aliphatic heterocycles. The van der Waals surface area contributed by atoms with Gasteiger partial charge in [0.2, 0.25) is 0 Å². The lowest BCUT2D eigenvalue weighted by Crippen LogP contribution is -2.55. The number of hydrogen-bond donors (Lipinski definition) is 0. The number of carbonyl (C=O) groups excluding carboxylic acids is 1. The van der Waals surface area contributed by atoms with Gasteiger partial charge >= 0.3 is 17.5 Å². The summed E-state index contributed by atoms with van der Waals surface area (Å²) in [6.07, 6.45) is -5.06. The van der Waals surface area contributed by atoms with Crippen molar-refractivity contribution in [2.24, 2.45) is 0 Å². The van der Waals surface area contributed by atoms with Gasteiger partial charge in [0.15, 0.2) is 0 Å². The van der Waals surface area contributed by atoms with E-state index >= 15 is 0 Å². The van der Waals surface area contributed by atoms with Gasteiger partial charge in [-0.1, -0.05) is 0 Å². The van der Waals surface area contributed by atoms with Gasteiger partial charge in [-0.3, -0.25) is 0 Å². The maximum atomic E-state index is 11.9. The Hall–Kier alpha value is -0.530. The Kier molecular flexibility index (Phi) is 4.38. The van der Waals surface area contributed by atoms with Crippen LogP contribution in [0.4, 0.5) is 13.2 Å². The summed E-state index contributed by atoms with van der Waals surface area (Å²) < 4.78 is 40.0. The van der Waals surface area contributed by atoms with Crippen LogP contribution in [0, 0.1) is 0 Å². The Bertz CT molecular complexity index is 235. The molecule has 4 nitrogen and oxygen atoms in total. The first-order valence-corrected chi connectivity index (χ1v) is 4.23. The predicted molar refractivity (Wildman–Crippen MR) is 48.1 cm³/mol. The zero-order valence-corrected chi connectivity index (χ0v) is 9.48. The molecule has 0 N–H and O–H groups in total. The average Bonchev–Trinajstić information content (AvgIpc) is 2.01. The van der Waals surface area contributed by atoms with Gasteiger partial charge in [0, 0.05) is 0 Å². The molecule has 0 aromatic carbocycles. The van der Waals surface area contributed by atoms with Crippen LogP contribution in [0.1, 0.15) is 0 Å². The lowest BCUT2D eigenvalue weighted by Gasteiger charge is -2.37. The van der Waals surface area contributed by atoms with Crippen molar-refractivity contribution in [2.75, 3.05) is 28.2 Å². The van der Waals surface area contributed by atoms with Crippen LogP contribution in [-0.4, -0.2) is 55.4 Å². The van der Waals surface area contributed by atoms with E-state index in [2.05, 4.69) is 4.74 Å². The van der Waals surface area contributed by atoms with E-state index < -0.39 is 17.5 Å². The van der Waals surface area contributed by atoms with Crippen molar-refractivity contribution in [1.29, 1.82) is 0 Å². The van der Waals surface area contributed by atoms with E-state index in [4.69, 9.17) is 11.6 Å². The van der Waals surface area contributed by atoms with Gasteiger partial charge < -0.3 is 4.74 Å². The minimum Gasteiger partial charge on any atom is -0.408 e. The van der Waals surface area contributed by atoms with E-state index in [0.717, 1.165) is 9.80 Å². The van der Waals surface area contributed by atoms with Crippen molar-refractivity contribution in [3.8, 4) is 0 Å². The van der Waals surface area contributed by atoms with Gasteiger partial charge in [-0.2, -0.15) is 13.2 Å². The lowest BCUT2D eigenvalue weighted by molar-refractivity contribution is -0.231. The molecule has 0 spiro atoms. The molecule has 0 aliphatic carbocycles. The first-order valence-electron chi connectivity index (χ1n) is 3.85. The van der Waals surface area contributed by atoms with Gasteiger partial charge in [0.05, 0.1) is 0 Å². The molecule has 0 saturated carbocycles. The standard InChI is InChI=1S/C7H12ClF3N2O2/c1-12(2)7(8,13(3)4)15-5(14)6(9,10)11/h1-4H3. The number of alkyl halides is 4. The molecule has 0 fully saturated rings. The van der Waals surface area contributed by atoms with E-state index in [9.17, 15) is 18.0 Å². The summed E-state index contributed by atoms with van der Waals surface area (Å²) in [5.41, 5.74) is 0. The molecule has 15 heavy (non-hydrogen) atoms. The molecule has 0 amide bonds. The van der Waals surface area contributed by atoms with E-state index in [-0.39, 0.29) is 0 Å². The van der Waals surface area contributed by atoms with Gasteiger partial charge in [0.25, 0.3) is 0 Å². The zero-order chi connectivity index (χ0) is 12.4. The van der Waals surface area contributed by atoms with Gasteiger partial charge in [-0.15, -0.1) is 0 Å². The summed E-state index contributed by atoms with van der Waals surface area (Å²) in [6, 6.07) is 0. The first-order chi connectivity index (χ1) is 6.51. The van der Waals surface area contributed by atoms with Crippen LogP contribution in [0.5, 0.6) is 0 Å². The van der Waals surface area contributed by atoms with Crippen molar-refractivity contribution in [3.63, 3.8) is 0 Å². The average molecular weight is 249 g/mol. The summed E-state index contributed by atoms with van der Waals surface area (Å²) in [7, 11) is 5.54. The molecule has 0 aromatic rings. The van der Waals surface area contributed by atoms with Crippen molar-refractivity contribution in [2.45, 2.75) is 11.5 Å². The molecule has 0 unspecified atom stereocenters. The van der Waals surface area contributed by atoms with Gasteiger partial charge in [0.1, 0.15) is 0 Å². The van der Waals surface area contributed by atoms with Crippen molar-refractivity contribution >= 4 is 17.6 Å². The summed E-state index contributed by atoms with van der Waals surface area (Å²) in [5, 5.41) is -1.95. The fourth-order valence-electron chi connectivity index (χ4n) is 0.758. The fraction of sp³-hybridized carbons (Fsp3) is 0.857. The molecule has 8 heteroatoms. The quantitative estimate of drug-likeness (QED) is 0.324. The monoisotopic (exact) mass is 248 g/mol. The van der Waals surface area contributed by atoms with Crippen LogP contribution >= 0.6 is 11.6 Å². The Labute approximate surface area is 90.5 Å². The third kappa shape index (κ3) is 3.51. The number of carbonyl (C=O) groups is 1. The number of halogens is 4. The van der Waals surface area contributed by atoms with E-state index in [1.807, 2.05) is 0 Å². The van der Waals surface area contributed by atoms with E-state index in [1.165, 1.54) is 28.2 Å². The first kappa shape index (κ1) is 14.5. The lowest BCUT2D eigenvalue weighted by atomic mass is 10.6. The molecule has 0 heterocycles. The molecule has 0 aromatic heterocycles. The second-order valence-corrected chi connectivity index (χ2v) is 3.70. The summed E-state index contributed by atoms with van der Waals surface area (Å²) >= 11 is 5.72. The molecule has 0 bridgehead atoms. The van der Waals surface area contributed by atoms with Crippen LogP contribution in [0.3, 0.4) is 0 Å². The van der Waals surface area contributed by atoms with Gasteiger partial charge in [-0.25, -0.2) is 14.6 Å². The van der Waals surface area contributed by atoms with Crippen LogP contribution < -0.4 is 0 Å². The normalized spacial score (nSPS) is 13.5. The number of hydrogen-bond acceptors (Lipinski definition) is 4. The molecule has 0 saturated heterocycles. The Morgan fingerprint density at radius 1 is 1.13 bits per heavy atom. The zero-order valence-electron chi connectivity index (χ0n) is 8.72. The van der Waals surface area contributed by atoms with Crippen LogP contribution in [0.25, 0.3) is 0 Å². The highest BCUT2D eigenvalue weighted by Gasteiger charge is 2.48. The largest absolute Gasteiger partial charge is 0.491 e. The van der Waals surface area contributed by atoms with Crippen LogP contribution in [-0.2, 0) is 9.53 Å². The number of rotatable bonds is 3. The van der Waals surface area contributed by atoms with E-state index in [1.54, 1.807) is 0 Å². The molecule has 90 valence electrons. The topological polar surface area (TPSA) is 32.8 Å². The highest BCUT2D eigenvalue weighted by molar-refractivity contribution is 6.22. The number of ether oxygens (including phenoxy) is 1. The highest BCUT2D eigenvalue weighted by Crippen LogP contribution is 2.27. The Balaban J connectivity index is 4.80. The smallest absolute Gasteiger partial charge is 0.408 e. The van der Waals surface area contributed by atoms with Crippen molar-refractivity contribution in [3.05, 3.63) is 0 Å². The Morgan fingerprint density at radius 2 is 1.47 bits per heavy atom. The molecular weight excluding hydrogens is 237 g/mol. The third-order valence-corrected chi connectivity index (χ3v) is 2.31. The van der Waals surface area contributed by atoms with Gasteiger partial charge in [-0.05, 0) is 39.8 Å².